The van der Waals surface area contributed by atoms with Gasteiger partial charge < -0.3 is 10.2 Å². The number of piperidine rings is 1. The van der Waals surface area contributed by atoms with Gasteiger partial charge in [0, 0.05) is 25.1 Å². The molecule has 0 saturated carbocycles. The van der Waals surface area contributed by atoms with Crippen LogP contribution in [0, 0.1) is 0 Å². The van der Waals surface area contributed by atoms with Crippen LogP contribution in [0.1, 0.15) is 46.3 Å². The average Bonchev–Trinajstić information content (AvgIpc) is 2.71. The second-order valence-electron chi connectivity index (χ2n) is 6.46. The Morgan fingerprint density at radius 2 is 1.91 bits per heavy atom. The van der Waals surface area contributed by atoms with E-state index in [2.05, 4.69) is 16.7 Å². The SMILES string of the molecule is O=C1CC[C@@H](N2Cc3cc4c(cc3C2=O)CNCCC4)C(=O)N1. The van der Waals surface area contributed by atoms with Crippen LogP contribution in [0.4, 0.5) is 0 Å². The predicted octanol–water partition coefficient (Wildman–Crippen LogP) is 0.483. The largest absolute Gasteiger partial charge is 0.322 e. The number of hydrogen-bond donors (Lipinski definition) is 2. The zero-order valence-electron chi connectivity index (χ0n) is 12.9. The molecule has 23 heavy (non-hydrogen) atoms. The van der Waals surface area contributed by atoms with Gasteiger partial charge in [-0.2, -0.15) is 0 Å². The molecule has 0 aliphatic carbocycles. The monoisotopic (exact) mass is 313 g/mol. The number of carbonyl (C=O) groups excluding carboxylic acids is 3. The first kappa shape index (κ1) is 14.4. The molecule has 3 heterocycles. The molecule has 6 heteroatoms. The number of nitrogens with zero attached hydrogens (tertiary/aromatic N) is 1. The van der Waals surface area contributed by atoms with Crippen molar-refractivity contribution in [2.45, 2.75) is 44.8 Å². The van der Waals surface area contributed by atoms with Gasteiger partial charge in [0.15, 0.2) is 0 Å². The molecule has 0 aromatic heterocycles. The summed E-state index contributed by atoms with van der Waals surface area (Å²) < 4.78 is 0. The maximum atomic E-state index is 12.7. The Morgan fingerprint density at radius 3 is 2.74 bits per heavy atom. The van der Waals surface area contributed by atoms with E-state index in [1.807, 2.05) is 6.07 Å². The minimum Gasteiger partial charge on any atom is -0.322 e. The molecule has 2 N–H and O–H groups in total. The number of hydrogen-bond acceptors (Lipinski definition) is 4. The van der Waals surface area contributed by atoms with E-state index >= 15 is 0 Å². The summed E-state index contributed by atoms with van der Waals surface area (Å²) in [6, 6.07) is 3.57. The lowest BCUT2D eigenvalue weighted by atomic mass is 9.97. The highest BCUT2D eigenvalue weighted by Crippen LogP contribution is 2.30. The van der Waals surface area contributed by atoms with Crippen LogP contribution in [0.2, 0.25) is 0 Å². The predicted molar refractivity (Wildman–Crippen MR) is 82.5 cm³/mol. The summed E-state index contributed by atoms with van der Waals surface area (Å²) in [7, 11) is 0. The molecular weight excluding hydrogens is 294 g/mol. The third-order valence-corrected chi connectivity index (χ3v) is 4.96. The van der Waals surface area contributed by atoms with Crippen LogP contribution in [0.25, 0.3) is 0 Å². The average molecular weight is 313 g/mol. The zero-order chi connectivity index (χ0) is 16.0. The first-order chi connectivity index (χ1) is 11.1. The van der Waals surface area contributed by atoms with Crippen molar-refractivity contribution in [2.75, 3.05) is 6.54 Å². The lowest BCUT2D eigenvalue weighted by Crippen LogP contribution is -2.52. The van der Waals surface area contributed by atoms with Gasteiger partial charge in [0.1, 0.15) is 6.04 Å². The second kappa shape index (κ2) is 5.45. The molecule has 0 unspecified atom stereocenters. The Morgan fingerprint density at radius 1 is 1.04 bits per heavy atom. The summed E-state index contributed by atoms with van der Waals surface area (Å²) in [5, 5.41) is 5.70. The lowest BCUT2D eigenvalue weighted by Gasteiger charge is -2.29. The highest BCUT2D eigenvalue weighted by Gasteiger charge is 2.39. The molecule has 0 radical (unpaired) electrons. The number of amides is 3. The molecular formula is C17H19N3O3. The van der Waals surface area contributed by atoms with Crippen LogP contribution >= 0.6 is 0 Å². The molecule has 4 rings (SSSR count). The summed E-state index contributed by atoms with van der Waals surface area (Å²) in [6.07, 6.45) is 2.81. The number of carbonyl (C=O) groups is 3. The Balaban J connectivity index is 1.63. The molecule has 0 spiro atoms. The summed E-state index contributed by atoms with van der Waals surface area (Å²) in [5.74, 6) is -0.708. The molecule has 0 bridgehead atoms. The standard InChI is InChI=1S/C17H19N3O3/c21-15-4-3-14(16(22)19-15)20-9-12-6-10-2-1-5-18-8-11(10)7-13(12)17(20)23/h6-7,14,18H,1-5,8-9H2,(H,19,21,22)/t14-/m1/s1. The van der Waals surface area contributed by atoms with Crippen LogP contribution in [0.3, 0.4) is 0 Å². The van der Waals surface area contributed by atoms with Gasteiger partial charge in [-0.15, -0.1) is 0 Å². The van der Waals surface area contributed by atoms with Crippen molar-refractivity contribution in [3.05, 3.63) is 34.4 Å². The maximum Gasteiger partial charge on any atom is 0.255 e. The van der Waals surface area contributed by atoms with Crippen LogP contribution in [0.15, 0.2) is 12.1 Å². The quantitative estimate of drug-likeness (QED) is 0.739. The lowest BCUT2D eigenvalue weighted by molar-refractivity contribution is -0.136. The molecule has 1 atom stereocenters. The van der Waals surface area contributed by atoms with E-state index in [0.717, 1.165) is 31.5 Å². The molecule has 3 aliphatic heterocycles. The van der Waals surface area contributed by atoms with Gasteiger partial charge in [0.05, 0.1) is 0 Å². The van der Waals surface area contributed by atoms with Crippen molar-refractivity contribution >= 4 is 17.7 Å². The van der Waals surface area contributed by atoms with E-state index in [4.69, 9.17) is 0 Å². The number of rotatable bonds is 1. The van der Waals surface area contributed by atoms with Gasteiger partial charge in [-0.3, -0.25) is 19.7 Å². The van der Waals surface area contributed by atoms with E-state index in [9.17, 15) is 14.4 Å². The molecule has 1 saturated heterocycles. The Labute approximate surface area is 134 Å². The van der Waals surface area contributed by atoms with Gasteiger partial charge >= 0.3 is 0 Å². The van der Waals surface area contributed by atoms with Crippen LogP contribution < -0.4 is 10.6 Å². The van der Waals surface area contributed by atoms with Crippen molar-refractivity contribution in [1.82, 2.24) is 15.5 Å². The number of fused-ring (bicyclic) bond motifs is 2. The van der Waals surface area contributed by atoms with Crippen molar-refractivity contribution in [2.24, 2.45) is 0 Å². The highest BCUT2D eigenvalue weighted by molar-refractivity contribution is 6.05. The fourth-order valence-electron chi connectivity index (χ4n) is 3.74. The van der Waals surface area contributed by atoms with E-state index in [-0.39, 0.29) is 24.1 Å². The van der Waals surface area contributed by atoms with E-state index in [1.54, 1.807) is 4.90 Å². The molecule has 1 fully saturated rings. The van der Waals surface area contributed by atoms with Crippen molar-refractivity contribution in [3.63, 3.8) is 0 Å². The molecule has 1 aromatic rings. The fourth-order valence-corrected chi connectivity index (χ4v) is 3.74. The Kier molecular flexibility index (Phi) is 3.41. The number of aryl methyl sites for hydroxylation is 1. The van der Waals surface area contributed by atoms with Crippen LogP contribution in [-0.2, 0) is 29.1 Å². The number of benzene rings is 1. The molecule has 3 amide bonds. The fraction of sp³-hybridized carbons (Fsp3) is 0.471. The van der Waals surface area contributed by atoms with Crippen molar-refractivity contribution in [1.29, 1.82) is 0 Å². The molecule has 3 aliphatic rings. The smallest absolute Gasteiger partial charge is 0.255 e. The van der Waals surface area contributed by atoms with Gasteiger partial charge in [0.2, 0.25) is 11.8 Å². The minimum absolute atomic E-state index is 0.0958. The number of imide groups is 1. The zero-order valence-corrected chi connectivity index (χ0v) is 12.9. The van der Waals surface area contributed by atoms with E-state index in [1.165, 1.54) is 11.1 Å². The Hall–Kier alpha value is -2.21. The van der Waals surface area contributed by atoms with E-state index in [0.29, 0.717) is 18.5 Å². The number of nitrogens with one attached hydrogen (secondary N) is 2. The summed E-state index contributed by atoms with van der Waals surface area (Å²) in [4.78, 5) is 37.7. The summed E-state index contributed by atoms with van der Waals surface area (Å²) in [6.45, 7) is 2.24. The van der Waals surface area contributed by atoms with Gasteiger partial charge in [-0.05, 0) is 48.6 Å². The van der Waals surface area contributed by atoms with Gasteiger partial charge in [0.25, 0.3) is 5.91 Å². The summed E-state index contributed by atoms with van der Waals surface area (Å²) in [5.41, 5.74) is 4.18. The molecule has 120 valence electrons. The summed E-state index contributed by atoms with van der Waals surface area (Å²) >= 11 is 0. The first-order valence-electron chi connectivity index (χ1n) is 8.13. The van der Waals surface area contributed by atoms with Gasteiger partial charge in [-0.25, -0.2) is 0 Å². The minimum atomic E-state index is -0.537. The van der Waals surface area contributed by atoms with E-state index < -0.39 is 6.04 Å². The first-order valence-corrected chi connectivity index (χ1v) is 8.13. The third-order valence-electron chi connectivity index (χ3n) is 4.96. The third kappa shape index (κ3) is 2.43. The molecule has 6 nitrogen and oxygen atoms in total. The normalized spacial score (nSPS) is 24.1. The second-order valence-corrected chi connectivity index (χ2v) is 6.46. The maximum absolute atomic E-state index is 12.7. The molecule has 1 aromatic carbocycles. The Bertz CT molecular complexity index is 713. The van der Waals surface area contributed by atoms with Crippen molar-refractivity contribution in [3.8, 4) is 0 Å². The van der Waals surface area contributed by atoms with Gasteiger partial charge in [-0.1, -0.05) is 6.07 Å². The van der Waals surface area contributed by atoms with Crippen LogP contribution in [0.5, 0.6) is 0 Å². The van der Waals surface area contributed by atoms with Crippen molar-refractivity contribution < 1.29 is 14.4 Å². The van der Waals surface area contributed by atoms with Crippen LogP contribution in [-0.4, -0.2) is 35.2 Å². The highest BCUT2D eigenvalue weighted by atomic mass is 16.2. The topological polar surface area (TPSA) is 78.5 Å².